The molecule has 0 bridgehead atoms. The van der Waals surface area contributed by atoms with Crippen LogP contribution in [0.1, 0.15) is 25.0 Å². The van der Waals surface area contributed by atoms with Gasteiger partial charge in [-0.3, -0.25) is 0 Å². The second-order valence-corrected chi connectivity index (χ2v) is 4.85. The Morgan fingerprint density at radius 2 is 1.72 bits per heavy atom. The molecule has 0 saturated heterocycles. The maximum Gasteiger partial charge on any atom is 0.159 e. The van der Waals surface area contributed by atoms with E-state index in [0.717, 1.165) is 16.7 Å². The van der Waals surface area contributed by atoms with Gasteiger partial charge in [0.25, 0.3) is 0 Å². The quantitative estimate of drug-likeness (QED) is 0.805. The molecule has 90 valence electrons. The van der Waals surface area contributed by atoms with Gasteiger partial charge in [0.2, 0.25) is 0 Å². The molecule has 1 heterocycles. The molecule has 0 radical (unpaired) electrons. The minimum Gasteiger partial charge on any atom is -0.236 e. The Morgan fingerprint density at radius 3 is 2.28 bits per heavy atom. The van der Waals surface area contributed by atoms with Crippen LogP contribution in [0.25, 0.3) is 11.4 Å². The number of benzene rings is 1. The number of nitrogens with zero attached hydrogens (tertiary/aromatic N) is 3. The first-order valence-electron chi connectivity index (χ1n) is 5.84. The van der Waals surface area contributed by atoms with Gasteiger partial charge in [-0.2, -0.15) is 5.26 Å². The van der Waals surface area contributed by atoms with Gasteiger partial charge >= 0.3 is 0 Å². The summed E-state index contributed by atoms with van der Waals surface area (Å²) in [5.41, 5.74) is 2.45. The Bertz CT molecular complexity index is 592. The van der Waals surface area contributed by atoms with Crippen molar-refractivity contribution in [2.24, 2.45) is 0 Å². The minimum atomic E-state index is -0.551. The fourth-order valence-corrected chi connectivity index (χ4v) is 1.68. The molecule has 0 aliphatic rings. The lowest BCUT2D eigenvalue weighted by molar-refractivity contribution is 0.678. The van der Waals surface area contributed by atoms with Crippen molar-refractivity contribution in [3.05, 3.63) is 47.8 Å². The van der Waals surface area contributed by atoms with Gasteiger partial charge in [-0.25, -0.2) is 9.97 Å². The van der Waals surface area contributed by atoms with Crippen molar-refractivity contribution in [3.63, 3.8) is 0 Å². The number of aromatic nitrogens is 2. The molecule has 3 nitrogen and oxygen atoms in total. The number of aryl methyl sites for hydroxylation is 1. The molecular weight excluding hydrogens is 222 g/mol. The summed E-state index contributed by atoms with van der Waals surface area (Å²) in [6, 6.07) is 10.2. The van der Waals surface area contributed by atoms with Gasteiger partial charge < -0.3 is 0 Å². The SMILES string of the molecule is Cc1ccccc1-c1ncc(C(C)(C)C#N)cn1. The van der Waals surface area contributed by atoms with Crippen LogP contribution in [0.15, 0.2) is 36.7 Å². The van der Waals surface area contributed by atoms with E-state index in [4.69, 9.17) is 5.26 Å². The summed E-state index contributed by atoms with van der Waals surface area (Å²) in [6.07, 6.45) is 3.47. The van der Waals surface area contributed by atoms with Crippen LogP contribution in [0.2, 0.25) is 0 Å². The Morgan fingerprint density at radius 1 is 1.11 bits per heavy atom. The summed E-state index contributed by atoms with van der Waals surface area (Å²) in [5.74, 6) is 0.700. The molecule has 0 spiro atoms. The van der Waals surface area contributed by atoms with Crippen molar-refractivity contribution in [3.8, 4) is 17.5 Å². The summed E-state index contributed by atoms with van der Waals surface area (Å²) in [5, 5.41) is 9.07. The fraction of sp³-hybridized carbons (Fsp3) is 0.267. The van der Waals surface area contributed by atoms with Gasteiger partial charge in [0.15, 0.2) is 5.82 Å². The third-order valence-electron chi connectivity index (χ3n) is 3.04. The van der Waals surface area contributed by atoms with E-state index in [1.165, 1.54) is 0 Å². The predicted octanol–water partition coefficient (Wildman–Crippen LogP) is 3.25. The molecule has 0 N–H and O–H groups in total. The molecule has 18 heavy (non-hydrogen) atoms. The van der Waals surface area contributed by atoms with Crippen LogP contribution in [0, 0.1) is 18.3 Å². The summed E-state index contributed by atoms with van der Waals surface area (Å²) in [6.45, 7) is 5.75. The summed E-state index contributed by atoms with van der Waals surface area (Å²) in [4.78, 5) is 8.72. The highest BCUT2D eigenvalue weighted by Crippen LogP contribution is 2.23. The second kappa shape index (κ2) is 4.58. The molecule has 3 heteroatoms. The molecule has 0 unspecified atom stereocenters. The zero-order valence-electron chi connectivity index (χ0n) is 10.8. The van der Waals surface area contributed by atoms with Gasteiger partial charge in [-0.1, -0.05) is 24.3 Å². The van der Waals surface area contributed by atoms with Gasteiger partial charge in [-0.05, 0) is 26.3 Å². The lowest BCUT2D eigenvalue weighted by Crippen LogP contribution is -2.14. The van der Waals surface area contributed by atoms with E-state index in [-0.39, 0.29) is 0 Å². The predicted molar refractivity (Wildman–Crippen MR) is 70.8 cm³/mol. The average Bonchev–Trinajstić information content (AvgIpc) is 2.39. The average molecular weight is 237 g/mol. The van der Waals surface area contributed by atoms with Gasteiger partial charge in [0.05, 0.1) is 11.5 Å². The van der Waals surface area contributed by atoms with E-state index >= 15 is 0 Å². The largest absolute Gasteiger partial charge is 0.236 e. The topological polar surface area (TPSA) is 49.6 Å². The molecule has 0 aliphatic heterocycles. The van der Waals surface area contributed by atoms with Gasteiger partial charge in [0.1, 0.15) is 0 Å². The zero-order valence-corrected chi connectivity index (χ0v) is 10.8. The molecule has 0 aliphatic carbocycles. The maximum absolute atomic E-state index is 9.07. The number of hydrogen-bond acceptors (Lipinski definition) is 3. The highest BCUT2D eigenvalue weighted by atomic mass is 14.9. The second-order valence-electron chi connectivity index (χ2n) is 4.85. The number of hydrogen-bond donors (Lipinski definition) is 0. The van der Waals surface area contributed by atoms with Crippen molar-refractivity contribution < 1.29 is 0 Å². The molecular formula is C15H15N3. The van der Waals surface area contributed by atoms with Crippen molar-refractivity contribution in [2.75, 3.05) is 0 Å². The van der Waals surface area contributed by atoms with Crippen LogP contribution in [0.4, 0.5) is 0 Å². The van der Waals surface area contributed by atoms with E-state index < -0.39 is 5.41 Å². The Labute approximate surface area is 107 Å². The van der Waals surface area contributed by atoms with Crippen LogP contribution in [0.3, 0.4) is 0 Å². The summed E-state index contributed by atoms with van der Waals surface area (Å²) < 4.78 is 0. The zero-order chi connectivity index (χ0) is 13.2. The smallest absolute Gasteiger partial charge is 0.159 e. The number of rotatable bonds is 2. The summed E-state index contributed by atoms with van der Waals surface area (Å²) >= 11 is 0. The Kier molecular flexibility index (Phi) is 3.12. The maximum atomic E-state index is 9.07. The molecule has 0 amide bonds. The summed E-state index contributed by atoms with van der Waals surface area (Å²) in [7, 11) is 0. The van der Waals surface area contributed by atoms with Crippen LogP contribution >= 0.6 is 0 Å². The Hall–Kier alpha value is -2.21. The molecule has 1 aromatic heterocycles. The highest BCUT2D eigenvalue weighted by Gasteiger charge is 2.20. The van der Waals surface area contributed by atoms with E-state index in [2.05, 4.69) is 16.0 Å². The molecule has 0 fully saturated rings. The molecule has 2 rings (SSSR count). The molecule has 2 aromatic rings. The van der Waals surface area contributed by atoms with Gasteiger partial charge in [-0.15, -0.1) is 0 Å². The number of nitriles is 1. The van der Waals surface area contributed by atoms with E-state index in [1.807, 2.05) is 45.0 Å². The monoisotopic (exact) mass is 237 g/mol. The van der Waals surface area contributed by atoms with Crippen molar-refractivity contribution in [1.82, 2.24) is 9.97 Å². The Balaban J connectivity index is 2.41. The minimum absolute atomic E-state index is 0.551. The molecule has 0 atom stereocenters. The lowest BCUT2D eigenvalue weighted by atomic mass is 9.88. The van der Waals surface area contributed by atoms with Crippen LogP contribution in [0.5, 0.6) is 0 Å². The highest BCUT2D eigenvalue weighted by molar-refractivity contribution is 5.59. The third-order valence-corrected chi connectivity index (χ3v) is 3.04. The standard InChI is InChI=1S/C15H15N3/c1-11-6-4-5-7-13(11)14-17-8-12(9-18-14)15(2,3)10-16/h4-9H,1-3H3. The normalized spacial score (nSPS) is 11.0. The molecule has 1 aromatic carbocycles. The van der Waals surface area contributed by atoms with Crippen LogP contribution in [-0.4, -0.2) is 9.97 Å². The van der Waals surface area contributed by atoms with Crippen molar-refractivity contribution in [2.45, 2.75) is 26.2 Å². The first kappa shape index (κ1) is 12.3. The van der Waals surface area contributed by atoms with Crippen LogP contribution < -0.4 is 0 Å². The lowest BCUT2D eigenvalue weighted by Gasteiger charge is -2.14. The van der Waals surface area contributed by atoms with Crippen molar-refractivity contribution in [1.29, 1.82) is 5.26 Å². The third kappa shape index (κ3) is 2.23. The first-order valence-corrected chi connectivity index (χ1v) is 5.84. The van der Waals surface area contributed by atoms with E-state index in [9.17, 15) is 0 Å². The van der Waals surface area contributed by atoms with E-state index in [0.29, 0.717) is 5.82 Å². The molecule has 0 saturated carbocycles. The first-order chi connectivity index (χ1) is 8.54. The van der Waals surface area contributed by atoms with Crippen LogP contribution in [-0.2, 0) is 5.41 Å². The fourth-order valence-electron chi connectivity index (χ4n) is 1.68. The van der Waals surface area contributed by atoms with Crippen molar-refractivity contribution >= 4 is 0 Å². The van der Waals surface area contributed by atoms with Gasteiger partial charge in [0, 0.05) is 23.5 Å². The van der Waals surface area contributed by atoms with E-state index in [1.54, 1.807) is 12.4 Å².